The second-order valence-corrected chi connectivity index (χ2v) is 7.04. The van der Waals surface area contributed by atoms with Crippen molar-refractivity contribution in [3.63, 3.8) is 0 Å². The fourth-order valence-corrected chi connectivity index (χ4v) is 3.72. The van der Waals surface area contributed by atoms with E-state index in [1.807, 2.05) is 30.3 Å². The number of fused-ring (bicyclic) bond motifs is 1. The number of benzene rings is 1. The number of carbonyl (C=O) groups is 1. The number of aromatic nitrogens is 2. The summed E-state index contributed by atoms with van der Waals surface area (Å²) in [5.74, 6) is 0.403. The zero-order valence-electron chi connectivity index (χ0n) is 12.0. The summed E-state index contributed by atoms with van der Waals surface area (Å²) in [4.78, 5) is 17.0. The standard InChI is InChI=1S/C15H12IN3O3S/c1-22-15(20)18-14-13(16)19-9-11(7-8-12(19)17-14)23(21)10-5-3-2-4-6-10/h2-9H,1H3,(H,18,20). The summed E-state index contributed by atoms with van der Waals surface area (Å²) in [6.45, 7) is 0. The number of carbonyl (C=O) groups excluding carboxylic acids is 1. The van der Waals surface area contributed by atoms with Gasteiger partial charge in [0.15, 0.2) is 5.82 Å². The van der Waals surface area contributed by atoms with Gasteiger partial charge in [-0.1, -0.05) is 18.2 Å². The van der Waals surface area contributed by atoms with Crippen LogP contribution >= 0.6 is 22.6 Å². The van der Waals surface area contributed by atoms with Gasteiger partial charge in [-0.05, 0) is 46.9 Å². The first kappa shape index (κ1) is 15.9. The van der Waals surface area contributed by atoms with Crippen molar-refractivity contribution in [2.24, 2.45) is 0 Å². The molecule has 3 aromatic rings. The molecule has 23 heavy (non-hydrogen) atoms. The molecule has 1 unspecified atom stereocenters. The molecule has 1 atom stereocenters. The topological polar surface area (TPSA) is 72.7 Å². The molecule has 0 aliphatic rings. The van der Waals surface area contributed by atoms with Crippen molar-refractivity contribution in [2.45, 2.75) is 9.79 Å². The number of hydrogen-bond acceptors (Lipinski definition) is 4. The molecule has 3 rings (SSSR count). The molecular formula is C15H12IN3O3S. The minimum atomic E-state index is -1.28. The highest BCUT2D eigenvalue weighted by atomic mass is 127. The zero-order chi connectivity index (χ0) is 16.4. The van der Waals surface area contributed by atoms with Crippen LogP contribution in [0.2, 0.25) is 0 Å². The smallest absolute Gasteiger partial charge is 0.412 e. The summed E-state index contributed by atoms with van der Waals surface area (Å²) in [6, 6.07) is 12.8. The van der Waals surface area contributed by atoms with E-state index in [2.05, 4.69) is 37.6 Å². The number of anilines is 1. The average molecular weight is 441 g/mol. The Morgan fingerprint density at radius 2 is 1.96 bits per heavy atom. The summed E-state index contributed by atoms with van der Waals surface area (Å²) >= 11 is 2.07. The normalized spacial score (nSPS) is 12.1. The first-order valence-corrected chi connectivity index (χ1v) is 8.82. The zero-order valence-corrected chi connectivity index (χ0v) is 15.0. The number of methoxy groups -OCH3 is 1. The molecule has 0 radical (unpaired) electrons. The summed E-state index contributed by atoms with van der Waals surface area (Å²) < 4.78 is 19.7. The third kappa shape index (κ3) is 3.22. The monoisotopic (exact) mass is 441 g/mol. The number of ether oxygens (including phenoxy) is 1. The van der Waals surface area contributed by atoms with Gasteiger partial charge < -0.3 is 4.74 Å². The molecule has 1 N–H and O–H groups in total. The highest BCUT2D eigenvalue weighted by Crippen LogP contribution is 2.23. The molecule has 8 heteroatoms. The van der Waals surface area contributed by atoms with Crippen LogP contribution in [0.5, 0.6) is 0 Å². The van der Waals surface area contributed by atoms with Crippen LogP contribution in [0.25, 0.3) is 5.65 Å². The van der Waals surface area contributed by atoms with E-state index in [1.54, 1.807) is 22.7 Å². The molecular weight excluding hydrogens is 429 g/mol. The van der Waals surface area contributed by atoms with Crippen molar-refractivity contribution >= 4 is 50.9 Å². The predicted octanol–water partition coefficient (Wildman–Crippen LogP) is 3.28. The largest absolute Gasteiger partial charge is 0.453 e. The molecule has 0 fully saturated rings. The third-order valence-electron chi connectivity index (χ3n) is 3.11. The molecule has 2 aromatic heterocycles. The van der Waals surface area contributed by atoms with Gasteiger partial charge in [0.25, 0.3) is 0 Å². The molecule has 2 heterocycles. The molecule has 0 saturated carbocycles. The molecule has 0 spiro atoms. The van der Waals surface area contributed by atoms with E-state index in [9.17, 15) is 9.00 Å². The average Bonchev–Trinajstić information content (AvgIpc) is 2.90. The lowest BCUT2D eigenvalue weighted by atomic mass is 10.4. The van der Waals surface area contributed by atoms with Crippen LogP contribution in [0.4, 0.5) is 10.6 Å². The van der Waals surface area contributed by atoms with Crippen molar-refractivity contribution in [2.75, 3.05) is 12.4 Å². The summed E-state index contributed by atoms with van der Waals surface area (Å²) in [5.41, 5.74) is 0.648. The van der Waals surface area contributed by atoms with Gasteiger partial charge in [0, 0.05) is 11.1 Å². The third-order valence-corrected chi connectivity index (χ3v) is 5.51. The van der Waals surface area contributed by atoms with Crippen molar-refractivity contribution in [3.8, 4) is 0 Å². The maximum atomic E-state index is 12.6. The molecule has 0 bridgehead atoms. The molecule has 118 valence electrons. The van der Waals surface area contributed by atoms with E-state index < -0.39 is 16.9 Å². The van der Waals surface area contributed by atoms with Crippen LogP contribution < -0.4 is 5.32 Å². The minimum absolute atomic E-state index is 0.403. The second-order valence-electron chi connectivity index (χ2n) is 4.54. The van der Waals surface area contributed by atoms with E-state index in [0.29, 0.717) is 20.1 Å². The number of amides is 1. The predicted molar refractivity (Wildman–Crippen MR) is 95.1 cm³/mol. The molecule has 0 aliphatic carbocycles. The Morgan fingerprint density at radius 1 is 1.22 bits per heavy atom. The maximum Gasteiger partial charge on any atom is 0.412 e. The Bertz CT molecular complexity index is 896. The number of halogens is 1. The summed E-state index contributed by atoms with van der Waals surface area (Å²) in [7, 11) is 0.0126. The van der Waals surface area contributed by atoms with Crippen LogP contribution in [-0.4, -0.2) is 26.8 Å². The Balaban J connectivity index is 2.00. The lowest BCUT2D eigenvalue weighted by molar-refractivity contribution is 0.187. The van der Waals surface area contributed by atoms with Gasteiger partial charge in [-0.3, -0.25) is 9.72 Å². The number of rotatable bonds is 3. The lowest BCUT2D eigenvalue weighted by Crippen LogP contribution is -2.12. The minimum Gasteiger partial charge on any atom is -0.453 e. The Kier molecular flexibility index (Phi) is 4.62. The van der Waals surface area contributed by atoms with Gasteiger partial charge in [-0.2, -0.15) is 0 Å². The highest BCUT2D eigenvalue weighted by Gasteiger charge is 2.15. The van der Waals surface area contributed by atoms with Crippen molar-refractivity contribution in [1.82, 2.24) is 9.38 Å². The molecule has 0 aliphatic heterocycles. The number of pyridine rings is 1. The molecule has 1 aromatic carbocycles. The van der Waals surface area contributed by atoms with Crippen LogP contribution in [0.3, 0.4) is 0 Å². The Labute approximate surface area is 148 Å². The van der Waals surface area contributed by atoms with Crippen LogP contribution in [0.1, 0.15) is 0 Å². The Hall–Kier alpha value is -1.94. The Morgan fingerprint density at radius 3 is 2.65 bits per heavy atom. The number of imidazole rings is 1. The molecule has 6 nitrogen and oxygen atoms in total. The van der Waals surface area contributed by atoms with Crippen molar-refractivity contribution < 1.29 is 13.7 Å². The van der Waals surface area contributed by atoms with E-state index in [1.165, 1.54) is 7.11 Å². The van der Waals surface area contributed by atoms with E-state index >= 15 is 0 Å². The van der Waals surface area contributed by atoms with Gasteiger partial charge in [0.05, 0.1) is 22.8 Å². The fourth-order valence-electron chi connectivity index (χ4n) is 2.01. The van der Waals surface area contributed by atoms with Crippen molar-refractivity contribution in [1.29, 1.82) is 0 Å². The van der Waals surface area contributed by atoms with E-state index in [-0.39, 0.29) is 0 Å². The second kappa shape index (κ2) is 6.67. The quantitative estimate of drug-likeness (QED) is 0.634. The van der Waals surface area contributed by atoms with Gasteiger partial charge in [0.2, 0.25) is 0 Å². The summed E-state index contributed by atoms with van der Waals surface area (Å²) in [6.07, 6.45) is 1.18. The van der Waals surface area contributed by atoms with Gasteiger partial charge in [-0.15, -0.1) is 0 Å². The van der Waals surface area contributed by atoms with Gasteiger partial charge in [0.1, 0.15) is 9.35 Å². The molecule has 1 amide bonds. The van der Waals surface area contributed by atoms with Crippen LogP contribution in [-0.2, 0) is 15.5 Å². The van der Waals surface area contributed by atoms with Gasteiger partial charge in [-0.25, -0.2) is 14.0 Å². The number of nitrogens with zero attached hydrogens (tertiary/aromatic N) is 2. The first-order valence-electron chi connectivity index (χ1n) is 6.59. The number of hydrogen-bond donors (Lipinski definition) is 1. The molecule has 0 saturated heterocycles. The number of nitrogens with one attached hydrogen (secondary N) is 1. The highest BCUT2D eigenvalue weighted by molar-refractivity contribution is 14.1. The van der Waals surface area contributed by atoms with Gasteiger partial charge >= 0.3 is 6.09 Å². The fraction of sp³-hybridized carbons (Fsp3) is 0.0667. The first-order chi connectivity index (χ1) is 11.1. The maximum absolute atomic E-state index is 12.6. The van der Waals surface area contributed by atoms with Crippen LogP contribution in [0, 0.1) is 3.70 Å². The van der Waals surface area contributed by atoms with Crippen LogP contribution in [0.15, 0.2) is 58.5 Å². The van der Waals surface area contributed by atoms with Crippen molar-refractivity contribution in [3.05, 3.63) is 52.4 Å². The SMILES string of the molecule is COC(=O)Nc1nc2ccc(S(=O)c3ccccc3)cn2c1I. The van der Waals surface area contributed by atoms with E-state index in [4.69, 9.17) is 0 Å². The lowest BCUT2D eigenvalue weighted by Gasteiger charge is -2.04. The van der Waals surface area contributed by atoms with E-state index in [0.717, 1.165) is 4.90 Å². The summed E-state index contributed by atoms with van der Waals surface area (Å²) in [5, 5.41) is 2.55.